The van der Waals surface area contributed by atoms with E-state index in [1.807, 2.05) is 42.5 Å². The summed E-state index contributed by atoms with van der Waals surface area (Å²) in [6, 6.07) is 84.7. The number of para-hydroxylation sites is 6. The van der Waals surface area contributed by atoms with Crippen LogP contribution in [0.3, 0.4) is 0 Å². The van der Waals surface area contributed by atoms with Crippen LogP contribution in [0.25, 0.3) is 33.1 Å². The van der Waals surface area contributed by atoms with Crippen molar-refractivity contribution in [3.05, 3.63) is 271 Å². The molecule has 0 amide bonds. The quantitative estimate of drug-likeness (QED) is 0.159. The molecule has 1 spiro atoms. The second-order valence-corrected chi connectivity index (χ2v) is 17.0. The molecule has 312 valence electrons. The molecule has 10 aromatic carbocycles. The Morgan fingerprint density at radius 2 is 0.909 bits per heavy atom. The Morgan fingerprint density at radius 3 is 1.61 bits per heavy atom. The van der Waals surface area contributed by atoms with Crippen LogP contribution in [0.2, 0.25) is 0 Å². The van der Waals surface area contributed by atoms with E-state index in [1.54, 1.807) is 0 Å². The van der Waals surface area contributed by atoms with E-state index in [0.717, 1.165) is 73.1 Å². The third-order valence-corrected chi connectivity index (χ3v) is 13.5. The molecule has 0 saturated heterocycles. The molecule has 0 bridgehead atoms. The van der Waals surface area contributed by atoms with Gasteiger partial charge in [0.05, 0.1) is 33.6 Å². The van der Waals surface area contributed by atoms with Crippen LogP contribution in [0.1, 0.15) is 22.3 Å². The van der Waals surface area contributed by atoms with E-state index < -0.39 is 5.41 Å². The molecule has 66 heavy (non-hydrogen) atoms. The van der Waals surface area contributed by atoms with Crippen LogP contribution in [0.5, 0.6) is 0 Å². The zero-order chi connectivity index (χ0) is 43.8. The van der Waals surface area contributed by atoms with E-state index in [4.69, 9.17) is 4.42 Å². The third kappa shape index (κ3) is 5.63. The fraction of sp³-hybridized carbons (Fsp3) is 0.0164. The lowest BCUT2D eigenvalue weighted by Crippen LogP contribution is -2.36. The summed E-state index contributed by atoms with van der Waals surface area (Å²) in [6.07, 6.45) is 0. The first-order valence-electron chi connectivity index (χ1n) is 22.4. The maximum atomic E-state index is 14.6. The summed E-state index contributed by atoms with van der Waals surface area (Å²) in [5, 5.41) is 2.01. The van der Waals surface area contributed by atoms with Crippen LogP contribution in [-0.4, -0.2) is 0 Å². The lowest BCUT2D eigenvalue weighted by atomic mass is 9.64. The Labute approximate surface area is 382 Å². The second kappa shape index (κ2) is 15.0. The van der Waals surface area contributed by atoms with E-state index in [1.165, 1.54) is 45.5 Å². The van der Waals surface area contributed by atoms with Gasteiger partial charge in [0.15, 0.2) is 0 Å². The van der Waals surface area contributed by atoms with Crippen molar-refractivity contribution in [2.45, 2.75) is 5.41 Å². The van der Waals surface area contributed by atoms with Gasteiger partial charge < -0.3 is 19.1 Å². The summed E-state index contributed by atoms with van der Waals surface area (Å²) in [5.41, 5.74) is 17.3. The fourth-order valence-corrected chi connectivity index (χ4v) is 10.8. The molecule has 1 aliphatic carbocycles. The zero-order valence-corrected chi connectivity index (χ0v) is 35.7. The molecule has 0 unspecified atom stereocenters. The summed E-state index contributed by atoms with van der Waals surface area (Å²) in [7, 11) is 0. The largest absolute Gasteiger partial charge is 0.456 e. The molecule has 1 aromatic heterocycles. The molecule has 4 nitrogen and oxygen atoms in total. The number of furan rings is 1. The maximum absolute atomic E-state index is 14.6. The van der Waals surface area contributed by atoms with Gasteiger partial charge in [0.1, 0.15) is 17.0 Å². The monoisotopic (exact) mass is 849 g/mol. The second-order valence-electron chi connectivity index (χ2n) is 17.0. The number of benzene rings is 10. The van der Waals surface area contributed by atoms with Crippen LogP contribution in [0.4, 0.5) is 55.6 Å². The lowest BCUT2D eigenvalue weighted by molar-refractivity contribution is 0.628. The van der Waals surface area contributed by atoms with Gasteiger partial charge in [-0.15, -0.1) is 0 Å². The van der Waals surface area contributed by atoms with E-state index >= 15 is 0 Å². The van der Waals surface area contributed by atoms with Crippen LogP contribution < -0.4 is 14.7 Å². The first-order valence-corrected chi connectivity index (χ1v) is 22.4. The average molecular weight is 850 g/mol. The Kier molecular flexibility index (Phi) is 8.58. The van der Waals surface area contributed by atoms with Gasteiger partial charge in [-0.2, -0.15) is 0 Å². The number of hydrogen-bond donors (Lipinski definition) is 0. The summed E-state index contributed by atoms with van der Waals surface area (Å²) >= 11 is 0. The standard InChI is InChI=1S/C61H40FN3O/c62-41-32-34-45(35-33-41)63(42-18-4-1-5-19-42)47-39-57(60-50-25-11-17-31-58(50)66-59(60)40-47)64(43-20-6-2-7-21-43)46-36-37-49-48-24-10-12-26-51(48)61(54(49)38-46)52-27-13-15-29-55(52)65(44-22-8-3-9-23-44)56-30-16-14-28-53(56)61/h1-40H. The highest BCUT2D eigenvalue weighted by molar-refractivity contribution is 6.15. The smallest absolute Gasteiger partial charge is 0.139 e. The van der Waals surface area contributed by atoms with Crippen molar-refractivity contribution < 1.29 is 8.81 Å². The number of rotatable bonds is 7. The van der Waals surface area contributed by atoms with Gasteiger partial charge in [0.2, 0.25) is 0 Å². The first kappa shape index (κ1) is 37.8. The SMILES string of the molecule is Fc1ccc(N(c2ccccc2)c2cc(N(c3ccccc3)c3ccc4c(c3)C3(c5ccccc5-4)c4ccccc4N(c4ccccc4)c4ccccc43)c3c(c2)oc2ccccc23)cc1. The molecular formula is C61H40FN3O. The number of fused-ring (bicyclic) bond motifs is 12. The van der Waals surface area contributed by atoms with Crippen LogP contribution in [-0.2, 0) is 5.41 Å². The maximum Gasteiger partial charge on any atom is 0.139 e. The lowest BCUT2D eigenvalue weighted by Gasteiger charge is -2.45. The number of halogens is 1. The molecule has 0 radical (unpaired) electrons. The summed E-state index contributed by atoms with van der Waals surface area (Å²) in [6.45, 7) is 0. The molecule has 0 saturated carbocycles. The molecule has 1 aliphatic heterocycles. The Bertz CT molecular complexity index is 3580. The zero-order valence-electron chi connectivity index (χ0n) is 35.7. The molecule has 2 heterocycles. The molecule has 5 heteroatoms. The predicted octanol–water partition coefficient (Wildman–Crippen LogP) is 16.8. The van der Waals surface area contributed by atoms with E-state index in [2.05, 4.69) is 203 Å². The topological polar surface area (TPSA) is 22.9 Å². The molecule has 0 N–H and O–H groups in total. The molecule has 2 aliphatic rings. The summed E-state index contributed by atoms with van der Waals surface area (Å²) in [5.74, 6) is -0.289. The van der Waals surface area contributed by atoms with E-state index in [0.29, 0.717) is 0 Å². The third-order valence-electron chi connectivity index (χ3n) is 13.5. The summed E-state index contributed by atoms with van der Waals surface area (Å²) < 4.78 is 21.4. The molecular weight excluding hydrogens is 810 g/mol. The van der Waals surface area contributed by atoms with Crippen molar-refractivity contribution in [3.8, 4) is 11.1 Å². The molecule has 0 atom stereocenters. The number of hydrogen-bond acceptors (Lipinski definition) is 4. The minimum atomic E-state index is -0.644. The van der Waals surface area contributed by atoms with Gasteiger partial charge >= 0.3 is 0 Å². The van der Waals surface area contributed by atoms with Gasteiger partial charge in [0, 0.05) is 39.9 Å². The van der Waals surface area contributed by atoms with Gasteiger partial charge in [-0.1, -0.05) is 140 Å². The summed E-state index contributed by atoms with van der Waals surface area (Å²) in [4.78, 5) is 6.97. The van der Waals surface area contributed by atoms with Crippen LogP contribution in [0, 0.1) is 5.82 Å². The number of nitrogens with zero attached hydrogens (tertiary/aromatic N) is 3. The van der Waals surface area contributed by atoms with Crippen LogP contribution >= 0.6 is 0 Å². The van der Waals surface area contributed by atoms with Gasteiger partial charge in [-0.05, 0) is 130 Å². The minimum absolute atomic E-state index is 0.289. The van der Waals surface area contributed by atoms with Crippen molar-refractivity contribution in [3.63, 3.8) is 0 Å². The Balaban J connectivity index is 1.11. The van der Waals surface area contributed by atoms with E-state index in [-0.39, 0.29) is 5.82 Å². The predicted molar refractivity (Wildman–Crippen MR) is 269 cm³/mol. The highest BCUT2D eigenvalue weighted by Gasteiger charge is 2.52. The average Bonchev–Trinajstić information content (AvgIpc) is 3.90. The van der Waals surface area contributed by atoms with Crippen molar-refractivity contribution in [2.24, 2.45) is 0 Å². The van der Waals surface area contributed by atoms with Crippen molar-refractivity contribution >= 4 is 73.1 Å². The van der Waals surface area contributed by atoms with Gasteiger partial charge in [0.25, 0.3) is 0 Å². The Morgan fingerprint density at radius 1 is 0.379 bits per heavy atom. The van der Waals surface area contributed by atoms with Crippen molar-refractivity contribution in [1.29, 1.82) is 0 Å². The number of anilines is 9. The van der Waals surface area contributed by atoms with Gasteiger partial charge in [-0.25, -0.2) is 4.39 Å². The van der Waals surface area contributed by atoms with Crippen molar-refractivity contribution in [2.75, 3.05) is 14.7 Å². The Hall–Kier alpha value is -8.67. The van der Waals surface area contributed by atoms with Crippen molar-refractivity contribution in [1.82, 2.24) is 0 Å². The van der Waals surface area contributed by atoms with E-state index in [9.17, 15) is 4.39 Å². The molecule has 11 aromatic rings. The minimum Gasteiger partial charge on any atom is -0.456 e. The highest BCUT2D eigenvalue weighted by Crippen LogP contribution is 2.64. The highest BCUT2D eigenvalue weighted by atomic mass is 19.1. The first-order chi connectivity index (χ1) is 32.7. The fourth-order valence-electron chi connectivity index (χ4n) is 10.8. The normalized spacial score (nSPS) is 13.0. The van der Waals surface area contributed by atoms with Crippen LogP contribution in [0.15, 0.2) is 247 Å². The molecule has 0 fully saturated rings. The van der Waals surface area contributed by atoms with Gasteiger partial charge in [-0.3, -0.25) is 0 Å². The molecule has 13 rings (SSSR count).